The number of methoxy groups -OCH3 is 1. The lowest BCUT2D eigenvalue weighted by Gasteiger charge is -2.10. The van der Waals surface area contributed by atoms with Crippen LogP contribution in [-0.2, 0) is 26.9 Å². The molecule has 2 aromatic heterocycles. The van der Waals surface area contributed by atoms with E-state index in [0.717, 1.165) is 33.3 Å². The van der Waals surface area contributed by atoms with Gasteiger partial charge in [0.1, 0.15) is 5.69 Å². The molecular weight excluding hydrogens is 471 g/mol. The number of nitrogens with one attached hydrogen (secondary N) is 2. The highest BCUT2D eigenvalue weighted by atomic mass is 32.1. The van der Waals surface area contributed by atoms with Crippen LogP contribution in [0.25, 0.3) is 10.4 Å². The molecule has 0 radical (unpaired) electrons. The Balaban J connectivity index is 1.64. The van der Waals surface area contributed by atoms with Gasteiger partial charge in [-0.05, 0) is 36.2 Å². The predicted octanol–water partition coefficient (Wildman–Crippen LogP) is 4.28. The lowest BCUT2D eigenvalue weighted by molar-refractivity contribution is -0.141. The Bertz CT molecular complexity index is 1170. The number of carbonyl (C=O) groups excluding carboxylic acids is 2. The molecule has 0 spiro atoms. The Kier molecular flexibility index (Phi) is 8.16. The third kappa shape index (κ3) is 7.24. The summed E-state index contributed by atoms with van der Waals surface area (Å²) in [6, 6.07) is 6.28. The van der Waals surface area contributed by atoms with Crippen molar-refractivity contribution in [3.8, 4) is 10.4 Å². The largest absolute Gasteiger partial charge is 0.469 e. The highest BCUT2D eigenvalue weighted by molar-refractivity contribution is 7.15. The molecule has 2 heterocycles. The van der Waals surface area contributed by atoms with Crippen LogP contribution in [0.3, 0.4) is 0 Å². The zero-order chi connectivity index (χ0) is 24.7. The molecule has 3 rings (SSSR count). The van der Waals surface area contributed by atoms with E-state index in [4.69, 9.17) is 0 Å². The molecule has 1 aromatic carbocycles. The van der Waals surface area contributed by atoms with E-state index in [9.17, 15) is 22.8 Å². The van der Waals surface area contributed by atoms with Gasteiger partial charge in [0.15, 0.2) is 0 Å². The van der Waals surface area contributed by atoms with Gasteiger partial charge in [-0.1, -0.05) is 6.07 Å². The van der Waals surface area contributed by atoms with Crippen LogP contribution in [0, 0.1) is 6.92 Å². The summed E-state index contributed by atoms with van der Waals surface area (Å²) >= 11 is 1.42. The molecule has 34 heavy (non-hydrogen) atoms. The van der Waals surface area contributed by atoms with E-state index in [2.05, 4.69) is 30.3 Å². The summed E-state index contributed by atoms with van der Waals surface area (Å²) in [7, 11) is 1.29. The van der Waals surface area contributed by atoms with Crippen LogP contribution >= 0.6 is 11.3 Å². The van der Waals surface area contributed by atoms with E-state index in [1.165, 1.54) is 18.4 Å². The maximum atomic E-state index is 12.9. The van der Waals surface area contributed by atoms with Crippen molar-refractivity contribution in [3.63, 3.8) is 0 Å². The molecule has 0 saturated heterocycles. The Morgan fingerprint density at radius 2 is 1.94 bits per heavy atom. The Morgan fingerprint density at radius 3 is 2.68 bits per heavy atom. The number of ether oxygens (including phenoxy) is 1. The van der Waals surface area contributed by atoms with Gasteiger partial charge < -0.3 is 15.4 Å². The van der Waals surface area contributed by atoms with Gasteiger partial charge in [-0.2, -0.15) is 13.2 Å². The average Bonchev–Trinajstić information content (AvgIpc) is 3.26. The van der Waals surface area contributed by atoms with Crippen molar-refractivity contribution < 1.29 is 27.5 Å². The van der Waals surface area contributed by atoms with Crippen molar-refractivity contribution in [2.75, 3.05) is 19.0 Å². The number of alkyl halides is 3. The maximum absolute atomic E-state index is 12.9. The molecule has 0 aliphatic rings. The van der Waals surface area contributed by atoms with Crippen LogP contribution in [0.15, 0.2) is 36.7 Å². The number of amides is 1. The number of benzene rings is 1. The molecule has 2 N–H and O–H groups in total. The summed E-state index contributed by atoms with van der Waals surface area (Å²) in [5.41, 5.74) is 1.21. The number of nitrogens with zero attached hydrogens (tertiary/aromatic N) is 3. The normalized spacial score (nSPS) is 11.2. The summed E-state index contributed by atoms with van der Waals surface area (Å²) in [4.78, 5) is 35.6. The smallest absolute Gasteiger partial charge is 0.433 e. The Labute approximate surface area is 197 Å². The molecular formula is C22H22F3N5O3S. The molecule has 0 aliphatic carbocycles. The second kappa shape index (κ2) is 11.1. The molecule has 12 heteroatoms. The van der Waals surface area contributed by atoms with Crippen molar-refractivity contribution in [3.05, 3.63) is 52.9 Å². The van der Waals surface area contributed by atoms with E-state index < -0.39 is 17.8 Å². The monoisotopic (exact) mass is 493 g/mol. The summed E-state index contributed by atoms with van der Waals surface area (Å²) in [6.07, 6.45) is -1.05. The summed E-state index contributed by atoms with van der Waals surface area (Å²) in [6.45, 7) is 2.07. The molecule has 0 aliphatic heterocycles. The van der Waals surface area contributed by atoms with Crippen molar-refractivity contribution in [1.82, 2.24) is 20.3 Å². The van der Waals surface area contributed by atoms with Crippen molar-refractivity contribution in [2.45, 2.75) is 32.4 Å². The maximum Gasteiger partial charge on any atom is 0.433 e. The van der Waals surface area contributed by atoms with E-state index in [-0.39, 0.29) is 31.2 Å². The molecule has 0 fully saturated rings. The molecule has 1 amide bonds. The second-order valence-corrected chi connectivity index (χ2v) is 8.39. The highest BCUT2D eigenvalue weighted by Gasteiger charge is 2.32. The lowest BCUT2D eigenvalue weighted by Crippen LogP contribution is -2.26. The minimum absolute atomic E-state index is 0.110. The van der Waals surface area contributed by atoms with Gasteiger partial charge in [-0.3, -0.25) is 9.59 Å². The molecule has 0 bridgehead atoms. The SMILES string of the molecule is COC(=O)CCNC(=O)CCc1ncc(-c2cc(C)cc(Nc3nccc(C(F)(F)F)n3)c2)s1. The van der Waals surface area contributed by atoms with Gasteiger partial charge in [-0.15, -0.1) is 11.3 Å². The number of carbonyl (C=O) groups is 2. The first-order valence-corrected chi connectivity index (χ1v) is 11.0. The molecule has 3 aromatic rings. The minimum atomic E-state index is -4.56. The van der Waals surface area contributed by atoms with E-state index in [1.807, 2.05) is 13.0 Å². The minimum Gasteiger partial charge on any atom is -0.469 e. The fourth-order valence-electron chi connectivity index (χ4n) is 2.98. The number of thiazole rings is 1. The average molecular weight is 494 g/mol. The van der Waals surface area contributed by atoms with Gasteiger partial charge >= 0.3 is 12.1 Å². The van der Waals surface area contributed by atoms with Crippen LogP contribution in [0.2, 0.25) is 0 Å². The number of hydrogen-bond donors (Lipinski definition) is 2. The number of halogens is 3. The summed E-state index contributed by atoms with van der Waals surface area (Å²) in [5.74, 6) is -0.741. The van der Waals surface area contributed by atoms with Crippen molar-refractivity contribution in [2.24, 2.45) is 0 Å². The van der Waals surface area contributed by atoms with Crippen LogP contribution in [0.4, 0.5) is 24.8 Å². The Morgan fingerprint density at radius 1 is 1.15 bits per heavy atom. The zero-order valence-electron chi connectivity index (χ0n) is 18.4. The van der Waals surface area contributed by atoms with Crippen LogP contribution in [-0.4, -0.2) is 40.5 Å². The first-order valence-electron chi connectivity index (χ1n) is 10.2. The van der Waals surface area contributed by atoms with E-state index in [1.54, 1.807) is 18.3 Å². The number of esters is 1. The van der Waals surface area contributed by atoms with Gasteiger partial charge in [-0.25, -0.2) is 15.0 Å². The highest BCUT2D eigenvalue weighted by Crippen LogP contribution is 2.31. The second-order valence-electron chi connectivity index (χ2n) is 7.27. The first kappa shape index (κ1) is 25.1. The van der Waals surface area contributed by atoms with Gasteiger partial charge in [0, 0.05) is 37.5 Å². The number of rotatable bonds is 9. The number of aromatic nitrogens is 3. The summed E-state index contributed by atoms with van der Waals surface area (Å²) in [5, 5.41) is 6.24. The zero-order valence-corrected chi connectivity index (χ0v) is 19.2. The molecule has 8 nitrogen and oxygen atoms in total. The molecule has 0 saturated carbocycles. The van der Waals surface area contributed by atoms with Gasteiger partial charge in [0.05, 0.1) is 23.4 Å². The fraction of sp³-hybridized carbons (Fsp3) is 0.318. The number of anilines is 2. The van der Waals surface area contributed by atoms with Crippen LogP contribution in [0.1, 0.15) is 29.1 Å². The van der Waals surface area contributed by atoms with Gasteiger partial charge in [0.25, 0.3) is 0 Å². The van der Waals surface area contributed by atoms with Crippen molar-refractivity contribution >= 4 is 34.8 Å². The fourth-order valence-corrected chi connectivity index (χ4v) is 3.88. The topological polar surface area (TPSA) is 106 Å². The van der Waals surface area contributed by atoms with E-state index in [0.29, 0.717) is 12.1 Å². The van der Waals surface area contributed by atoms with E-state index >= 15 is 0 Å². The quantitative estimate of drug-likeness (QED) is 0.429. The third-order valence-electron chi connectivity index (χ3n) is 4.56. The number of aryl methyl sites for hydroxylation is 2. The summed E-state index contributed by atoms with van der Waals surface area (Å²) < 4.78 is 43.3. The number of hydrogen-bond acceptors (Lipinski definition) is 8. The molecule has 0 unspecified atom stereocenters. The third-order valence-corrected chi connectivity index (χ3v) is 5.67. The van der Waals surface area contributed by atoms with Crippen molar-refractivity contribution in [1.29, 1.82) is 0 Å². The molecule has 180 valence electrons. The Hall–Kier alpha value is -3.54. The predicted molar refractivity (Wildman–Crippen MR) is 121 cm³/mol. The van der Waals surface area contributed by atoms with Crippen LogP contribution in [0.5, 0.6) is 0 Å². The van der Waals surface area contributed by atoms with Crippen LogP contribution < -0.4 is 10.6 Å². The van der Waals surface area contributed by atoms with Gasteiger partial charge in [0.2, 0.25) is 11.9 Å². The molecule has 0 atom stereocenters. The lowest BCUT2D eigenvalue weighted by atomic mass is 10.1. The first-order chi connectivity index (χ1) is 16.1. The standard InChI is InChI=1S/C22H22F3N5O3S/c1-13-9-14(11-15(10-13)29-21-27-7-5-17(30-21)22(23,24)25)16-12-28-19(34-16)4-3-18(31)26-8-6-20(32)33-2/h5,7,9-12H,3-4,6,8H2,1-2H3,(H,26,31)(H,27,29,30).